The Labute approximate surface area is 135 Å². The molecular formula is C14H18Br2N2O2. The van der Waals surface area contributed by atoms with Crippen molar-refractivity contribution >= 4 is 43.5 Å². The van der Waals surface area contributed by atoms with E-state index >= 15 is 0 Å². The van der Waals surface area contributed by atoms with Crippen LogP contribution in [0.15, 0.2) is 27.1 Å². The average molecular weight is 406 g/mol. The molecule has 2 atom stereocenters. The molecule has 0 spiro atoms. The van der Waals surface area contributed by atoms with E-state index in [9.17, 15) is 9.90 Å². The van der Waals surface area contributed by atoms with E-state index < -0.39 is 0 Å². The number of aliphatic hydroxyl groups excluding tert-OH is 1. The van der Waals surface area contributed by atoms with E-state index in [0.29, 0.717) is 6.54 Å². The van der Waals surface area contributed by atoms with E-state index in [2.05, 4.69) is 42.1 Å². The number of carbonyl (C=O) groups is 1. The molecule has 1 aliphatic rings. The number of nitrogens with zero attached hydrogens (tertiary/aromatic N) is 1. The van der Waals surface area contributed by atoms with E-state index in [0.717, 1.165) is 34.1 Å². The van der Waals surface area contributed by atoms with Crippen molar-refractivity contribution in [2.45, 2.75) is 19.4 Å². The SMILES string of the molecule is CC1CN(CC(=O)Nc2ccc(Br)cc2Br)CCC1O. The number of halogens is 2. The van der Waals surface area contributed by atoms with E-state index in [4.69, 9.17) is 0 Å². The highest BCUT2D eigenvalue weighted by Gasteiger charge is 2.25. The lowest BCUT2D eigenvalue weighted by Crippen LogP contribution is -2.45. The lowest BCUT2D eigenvalue weighted by molar-refractivity contribution is -0.118. The number of rotatable bonds is 3. The van der Waals surface area contributed by atoms with Crippen LogP contribution in [0.2, 0.25) is 0 Å². The normalized spacial score (nSPS) is 23.6. The van der Waals surface area contributed by atoms with Gasteiger partial charge in [-0.25, -0.2) is 0 Å². The van der Waals surface area contributed by atoms with Crippen molar-refractivity contribution in [3.8, 4) is 0 Å². The monoisotopic (exact) mass is 404 g/mol. The number of aliphatic hydroxyl groups is 1. The molecule has 2 N–H and O–H groups in total. The van der Waals surface area contributed by atoms with Gasteiger partial charge >= 0.3 is 0 Å². The molecule has 110 valence electrons. The molecule has 0 aromatic heterocycles. The highest BCUT2D eigenvalue weighted by molar-refractivity contribution is 9.11. The van der Waals surface area contributed by atoms with Gasteiger partial charge in [0.15, 0.2) is 0 Å². The number of benzene rings is 1. The first kappa shape index (κ1) is 15.9. The van der Waals surface area contributed by atoms with Crippen LogP contribution in [0.1, 0.15) is 13.3 Å². The molecule has 6 heteroatoms. The van der Waals surface area contributed by atoms with Crippen LogP contribution in [0.5, 0.6) is 0 Å². The Hall–Kier alpha value is -0.430. The third-order valence-electron chi connectivity index (χ3n) is 3.52. The lowest BCUT2D eigenvalue weighted by atomic mass is 9.97. The third-order valence-corrected chi connectivity index (χ3v) is 4.67. The molecule has 1 aliphatic heterocycles. The highest BCUT2D eigenvalue weighted by Crippen LogP contribution is 2.26. The zero-order chi connectivity index (χ0) is 14.7. The Morgan fingerprint density at radius 1 is 1.50 bits per heavy atom. The summed E-state index contributed by atoms with van der Waals surface area (Å²) in [7, 11) is 0. The lowest BCUT2D eigenvalue weighted by Gasteiger charge is -2.33. The second-order valence-electron chi connectivity index (χ2n) is 5.24. The largest absolute Gasteiger partial charge is 0.393 e. The number of likely N-dealkylation sites (tertiary alicyclic amines) is 1. The minimum atomic E-state index is -0.241. The smallest absolute Gasteiger partial charge is 0.238 e. The van der Waals surface area contributed by atoms with Crippen molar-refractivity contribution in [3.63, 3.8) is 0 Å². The molecule has 4 nitrogen and oxygen atoms in total. The van der Waals surface area contributed by atoms with Gasteiger partial charge in [-0.05, 0) is 46.5 Å². The fraction of sp³-hybridized carbons (Fsp3) is 0.500. The van der Waals surface area contributed by atoms with Crippen molar-refractivity contribution in [3.05, 3.63) is 27.1 Å². The van der Waals surface area contributed by atoms with Crippen LogP contribution >= 0.6 is 31.9 Å². The number of nitrogens with one attached hydrogen (secondary N) is 1. The van der Waals surface area contributed by atoms with Gasteiger partial charge in [-0.3, -0.25) is 9.69 Å². The number of anilines is 1. The minimum Gasteiger partial charge on any atom is -0.393 e. The molecule has 1 fully saturated rings. The summed E-state index contributed by atoms with van der Waals surface area (Å²) < 4.78 is 1.81. The van der Waals surface area contributed by atoms with Gasteiger partial charge in [0, 0.05) is 22.0 Å². The van der Waals surface area contributed by atoms with Crippen LogP contribution in [-0.2, 0) is 4.79 Å². The van der Waals surface area contributed by atoms with Crippen LogP contribution in [0.3, 0.4) is 0 Å². The second kappa shape index (κ2) is 7.02. The summed E-state index contributed by atoms with van der Waals surface area (Å²) in [6, 6.07) is 5.64. The van der Waals surface area contributed by atoms with Crippen molar-refractivity contribution in [1.82, 2.24) is 4.90 Å². The van der Waals surface area contributed by atoms with Crippen molar-refractivity contribution in [2.24, 2.45) is 5.92 Å². The Bertz CT molecular complexity index is 496. The van der Waals surface area contributed by atoms with Gasteiger partial charge < -0.3 is 10.4 Å². The summed E-state index contributed by atoms with van der Waals surface area (Å²) in [5.41, 5.74) is 0.767. The van der Waals surface area contributed by atoms with Gasteiger partial charge in [-0.1, -0.05) is 22.9 Å². The summed E-state index contributed by atoms with van der Waals surface area (Å²) in [4.78, 5) is 14.1. The van der Waals surface area contributed by atoms with Gasteiger partial charge in [0.2, 0.25) is 5.91 Å². The maximum atomic E-state index is 12.1. The predicted octanol–water partition coefficient (Wildman–Crippen LogP) is 2.85. The molecule has 0 aliphatic carbocycles. The number of hydrogen-bond donors (Lipinski definition) is 2. The summed E-state index contributed by atoms with van der Waals surface area (Å²) in [6.07, 6.45) is 0.492. The fourth-order valence-electron chi connectivity index (χ4n) is 2.35. The zero-order valence-corrected chi connectivity index (χ0v) is 14.4. The van der Waals surface area contributed by atoms with E-state index in [1.165, 1.54) is 0 Å². The van der Waals surface area contributed by atoms with Gasteiger partial charge in [0.25, 0.3) is 0 Å². The fourth-order valence-corrected chi connectivity index (χ4v) is 3.49. The number of carbonyl (C=O) groups excluding carboxylic acids is 1. The van der Waals surface area contributed by atoms with E-state index in [-0.39, 0.29) is 17.9 Å². The van der Waals surface area contributed by atoms with Crippen molar-refractivity contribution in [2.75, 3.05) is 25.0 Å². The molecule has 1 amide bonds. The maximum absolute atomic E-state index is 12.1. The summed E-state index contributed by atoms with van der Waals surface area (Å²) >= 11 is 6.81. The molecule has 0 bridgehead atoms. The van der Waals surface area contributed by atoms with Gasteiger partial charge in [0.1, 0.15) is 0 Å². The number of hydrogen-bond acceptors (Lipinski definition) is 3. The Morgan fingerprint density at radius 3 is 2.90 bits per heavy atom. The molecule has 20 heavy (non-hydrogen) atoms. The summed E-state index contributed by atoms with van der Waals surface area (Å²) in [5.74, 6) is 0.188. The zero-order valence-electron chi connectivity index (χ0n) is 11.3. The Morgan fingerprint density at radius 2 is 2.25 bits per heavy atom. The minimum absolute atomic E-state index is 0.0309. The van der Waals surface area contributed by atoms with Crippen LogP contribution < -0.4 is 5.32 Å². The summed E-state index contributed by atoms with van der Waals surface area (Å²) in [6.45, 7) is 3.90. The van der Waals surface area contributed by atoms with Crippen molar-refractivity contribution in [1.29, 1.82) is 0 Å². The molecule has 2 unspecified atom stereocenters. The molecule has 1 heterocycles. The standard InChI is InChI=1S/C14H18Br2N2O2/c1-9-7-18(5-4-13(9)19)8-14(20)17-12-3-2-10(15)6-11(12)16/h2-3,6,9,13,19H,4-5,7-8H2,1H3,(H,17,20). The molecule has 0 radical (unpaired) electrons. The quantitative estimate of drug-likeness (QED) is 0.812. The Kier molecular flexibility index (Phi) is 5.60. The molecule has 0 saturated carbocycles. The van der Waals surface area contributed by atoms with Gasteiger partial charge in [0.05, 0.1) is 18.3 Å². The van der Waals surface area contributed by atoms with E-state index in [1.54, 1.807) is 0 Å². The Balaban J connectivity index is 1.89. The van der Waals surface area contributed by atoms with Gasteiger partial charge in [-0.2, -0.15) is 0 Å². The number of amides is 1. The second-order valence-corrected chi connectivity index (χ2v) is 7.01. The summed E-state index contributed by atoms with van der Waals surface area (Å²) in [5, 5.41) is 12.6. The van der Waals surface area contributed by atoms with Crippen LogP contribution in [0.4, 0.5) is 5.69 Å². The first-order valence-electron chi connectivity index (χ1n) is 6.61. The van der Waals surface area contributed by atoms with Crippen LogP contribution in [0, 0.1) is 5.92 Å². The topological polar surface area (TPSA) is 52.6 Å². The predicted molar refractivity (Wildman–Crippen MR) is 86.7 cm³/mol. The van der Waals surface area contributed by atoms with Crippen LogP contribution in [-0.4, -0.2) is 41.7 Å². The highest BCUT2D eigenvalue weighted by atomic mass is 79.9. The molecule has 1 aromatic rings. The van der Waals surface area contributed by atoms with Crippen LogP contribution in [0.25, 0.3) is 0 Å². The molecule has 2 rings (SSSR count). The van der Waals surface area contributed by atoms with E-state index in [1.807, 2.05) is 25.1 Å². The average Bonchev–Trinajstić information content (AvgIpc) is 2.37. The maximum Gasteiger partial charge on any atom is 0.238 e. The third kappa shape index (κ3) is 4.28. The first-order chi connectivity index (χ1) is 9.45. The number of piperidine rings is 1. The molecular weight excluding hydrogens is 388 g/mol. The molecule has 1 saturated heterocycles. The van der Waals surface area contributed by atoms with Gasteiger partial charge in [-0.15, -0.1) is 0 Å². The first-order valence-corrected chi connectivity index (χ1v) is 8.19. The molecule has 1 aromatic carbocycles. The van der Waals surface area contributed by atoms with Crippen molar-refractivity contribution < 1.29 is 9.90 Å².